The molecule has 0 aliphatic heterocycles. The summed E-state index contributed by atoms with van der Waals surface area (Å²) < 4.78 is 27.3. The molecule has 0 saturated carbocycles. The fourth-order valence-corrected chi connectivity index (χ4v) is 3.46. The quantitative estimate of drug-likeness (QED) is 0.648. The number of benzene rings is 1. The lowest BCUT2D eigenvalue weighted by molar-refractivity contribution is 0.283. The van der Waals surface area contributed by atoms with Crippen molar-refractivity contribution >= 4 is 15.7 Å². The van der Waals surface area contributed by atoms with Gasteiger partial charge in [0.15, 0.2) is 0 Å². The average molecular weight is 314 g/mol. The van der Waals surface area contributed by atoms with Crippen LogP contribution in [0, 0.1) is 0 Å². The van der Waals surface area contributed by atoms with Crippen molar-refractivity contribution in [2.75, 3.05) is 31.6 Å². The summed E-state index contributed by atoms with van der Waals surface area (Å²) in [4.78, 5) is 2.28. The van der Waals surface area contributed by atoms with Gasteiger partial charge in [0.25, 0.3) is 0 Å². The Bertz CT molecular complexity index is 517. The Morgan fingerprint density at radius 1 is 1.19 bits per heavy atom. The standard InChI is InChI=1S/C15H26N2O3S/c1-3-11-16-21(19,20)15-10-6-5-9-14(15)17(2)12-7-4-8-13-18/h5-6,9-10,16,18H,3-4,7-8,11-13H2,1-2H3. The maximum Gasteiger partial charge on any atom is 0.242 e. The summed E-state index contributed by atoms with van der Waals surface area (Å²) in [6.07, 6.45) is 3.40. The molecule has 2 N–H and O–H groups in total. The molecule has 1 aromatic carbocycles. The fraction of sp³-hybridized carbons (Fsp3) is 0.600. The molecular formula is C15H26N2O3S. The van der Waals surface area contributed by atoms with Crippen LogP contribution in [0.3, 0.4) is 0 Å². The van der Waals surface area contributed by atoms with E-state index in [2.05, 4.69) is 4.72 Å². The fourth-order valence-electron chi connectivity index (χ4n) is 2.07. The molecule has 0 fully saturated rings. The van der Waals surface area contributed by atoms with Crippen LogP contribution in [0.15, 0.2) is 29.2 Å². The van der Waals surface area contributed by atoms with Crippen molar-refractivity contribution in [2.45, 2.75) is 37.5 Å². The Hall–Kier alpha value is -1.11. The highest BCUT2D eigenvalue weighted by molar-refractivity contribution is 7.89. The van der Waals surface area contributed by atoms with Crippen LogP contribution in [-0.2, 0) is 10.0 Å². The van der Waals surface area contributed by atoms with Crippen LogP contribution in [0.4, 0.5) is 5.69 Å². The normalized spacial score (nSPS) is 11.6. The van der Waals surface area contributed by atoms with Crippen molar-refractivity contribution in [1.82, 2.24) is 4.72 Å². The molecule has 0 radical (unpaired) electrons. The Morgan fingerprint density at radius 3 is 2.57 bits per heavy atom. The number of unbranched alkanes of at least 4 members (excludes halogenated alkanes) is 2. The van der Waals surface area contributed by atoms with E-state index in [0.29, 0.717) is 17.1 Å². The molecule has 6 heteroatoms. The first kappa shape index (κ1) is 17.9. The second-order valence-electron chi connectivity index (χ2n) is 5.07. The van der Waals surface area contributed by atoms with Crippen LogP contribution < -0.4 is 9.62 Å². The minimum absolute atomic E-state index is 0.204. The highest BCUT2D eigenvalue weighted by Gasteiger charge is 2.19. The number of para-hydroxylation sites is 1. The molecule has 0 heterocycles. The van der Waals surface area contributed by atoms with E-state index in [1.54, 1.807) is 12.1 Å². The predicted octanol–water partition coefficient (Wildman–Crippen LogP) is 1.97. The molecular weight excluding hydrogens is 288 g/mol. The Balaban J connectivity index is 2.83. The van der Waals surface area contributed by atoms with Gasteiger partial charge in [-0.2, -0.15) is 0 Å². The molecule has 0 amide bonds. The van der Waals surface area contributed by atoms with Gasteiger partial charge >= 0.3 is 0 Å². The van der Waals surface area contributed by atoms with Crippen molar-refractivity contribution < 1.29 is 13.5 Å². The summed E-state index contributed by atoms with van der Waals surface area (Å²) >= 11 is 0. The number of hydrogen-bond acceptors (Lipinski definition) is 4. The van der Waals surface area contributed by atoms with Gasteiger partial charge in [-0.1, -0.05) is 19.1 Å². The molecule has 0 saturated heterocycles. The lowest BCUT2D eigenvalue weighted by atomic mass is 10.2. The van der Waals surface area contributed by atoms with Gasteiger partial charge in [0.2, 0.25) is 10.0 Å². The van der Waals surface area contributed by atoms with E-state index < -0.39 is 10.0 Å². The molecule has 1 aromatic rings. The largest absolute Gasteiger partial charge is 0.396 e. The van der Waals surface area contributed by atoms with E-state index in [-0.39, 0.29) is 6.61 Å². The summed E-state index contributed by atoms with van der Waals surface area (Å²) in [5.74, 6) is 0. The molecule has 0 aromatic heterocycles. The summed E-state index contributed by atoms with van der Waals surface area (Å²) in [6.45, 7) is 3.34. The second-order valence-corrected chi connectivity index (χ2v) is 6.81. The molecule has 5 nitrogen and oxygen atoms in total. The van der Waals surface area contributed by atoms with Crippen LogP contribution in [0.1, 0.15) is 32.6 Å². The lowest BCUT2D eigenvalue weighted by Gasteiger charge is -2.22. The maximum absolute atomic E-state index is 12.3. The van der Waals surface area contributed by atoms with Crippen molar-refractivity contribution in [3.05, 3.63) is 24.3 Å². The third-order valence-electron chi connectivity index (χ3n) is 3.26. The highest BCUT2D eigenvalue weighted by atomic mass is 32.2. The number of hydrogen-bond donors (Lipinski definition) is 2. The van der Waals surface area contributed by atoms with Gasteiger partial charge in [-0.25, -0.2) is 13.1 Å². The van der Waals surface area contributed by atoms with Crippen LogP contribution in [0.5, 0.6) is 0 Å². The third-order valence-corrected chi connectivity index (χ3v) is 4.77. The van der Waals surface area contributed by atoms with E-state index in [1.165, 1.54) is 0 Å². The van der Waals surface area contributed by atoms with Crippen molar-refractivity contribution in [1.29, 1.82) is 0 Å². The van der Waals surface area contributed by atoms with Crippen LogP contribution in [0.2, 0.25) is 0 Å². The van der Waals surface area contributed by atoms with E-state index in [4.69, 9.17) is 5.11 Å². The zero-order chi connectivity index (χ0) is 15.7. The van der Waals surface area contributed by atoms with E-state index in [1.807, 2.05) is 31.0 Å². The second kappa shape index (κ2) is 9.02. The summed E-state index contributed by atoms with van der Waals surface area (Å²) in [7, 11) is -1.57. The molecule has 0 bridgehead atoms. The molecule has 0 atom stereocenters. The summed E-state index contributed by atoms with van der Waals surface area (Å²) in [6, 6.07) is 7.05. The number of anilines is 1. The first-order chi connectivity index (χ1) is 10.0. The number of aliphatic hydroxyl groups is 1. The van der Waals surface area contributed by atoms with Gasteiger partial charge in [0, 0.05) is 26.7 Å². The summed E-state index contributed by atoms with van der Waals surface area (Å²) in [5.41, 5.74) is 0.713. The number of nitrogens with zero attached hydrogens (tertiary/aromatic N) is 1. The first-order valence-electron chi connectivity index (χ1n) is 7.43. The first-order valence-corrected chi connectivity index (χ1v) is 8.92. The Labute approximate surface area is 128 Å². The predicted molar refractivity (Wildman–Crippen MR) is 86.1 cm³/mol. The van der Waals surface area contributed by atoms with Crippen molar-refractivity contribution in [3.8, 4) is 0 Å². The lowest BCUT2D eigenvalue weighted by Crippen LogP contribution is -2.28. The van der Waals surface area contributed by atoms with Gasteiger partial charge in [-0.05, 0) is 37.8 Å². The zero-order valence-corrected chi connectivity index (χ0v) is 13.7. The van der Waals surface area contributed by atoms with E-state index in [0.717, 1.165) is 32.2 Å². The minimum atomic E-state index is -3.47. The molecule has 0 unspecified atom stereocenters. The Morgan fingerprint density at radius 2 is 1.90 bits per heavy atom. The maximum atomic E-state index is 12.3. The smallest absolute Gasteiger partial charge is 0.242 e. The molecule has 0 aliphatic rings. The highest BCUT2D eigenvalue weighted by Crippen LogP contribution is 2.24. The topological polar surface area (TPSA) is 69.6 Å². The third kappa shape index (κ3) is 5.65. The summed E-state index contributed by atoms with van der Waals surface area (Å²) in [5, 5.41) is 8.78. The zero-order valence-electron chi connectivity index (χ0n) is 12.9. The van der Waals surface area contributed by atoms with Gasteiger partial charge in [0.1, 0.15) is 4.90 Å². The monoisotopic (exact) mass is 314 g/mol. The van der Waals surface area contributed by atoms with Gasteiger partial charge in [-0.15, -0.1) is 0 Å². The average Bonchev–Trinajstić information content (AvgIpc) is 2.49. The van der Waals surface area contributed by atoms with Gasteiger partial charge in [0.05, 0.1) is 5.69 Å². The van der Waals surface area contributed by atoms with Crippen molar-refractivity contribution in [3.63, 3.8) is 0 Å². The number of rotatable bonds is 10. The molecule has 21 heavy (non-hydrogen) atoms. The van der Waals surface area contributed by atoms with Crippen molar-refractivity contribution in [2.24, 2.45) is 0 Å². The minimum Gasteiger partial charge on any atom is -0.396 e. The molecule has 120 valence electrons. The van der Waals surface area contributed by atoms with Crippen LogP contribution >= 0.6 is 0 Å². The molecule has 0 aliphatic carbocycles. The molecule has 1 rings (SSSR count). The SMILES string of the molecule is CCCNS(=O)(=O)c1ccccc1N(C)CCCCCO. The van der Waals surface area contributed by atoms with Gasteiger partial charge < -0.3 is 10.0 Å². The van der Waals surface area contributed by atoms with E-state index in [9.17, 15) is 8.42 Å². The van der Waals surface area contributed by atoms with Crippen LogP contribution in [-0.4, -0.2) is 40.3 Å². The number of aliphatic hydroxyl groups excluding tert-OH is 1. The van der Waals surface area contributed by atoms with E-state index >= 15 is 0 Å². The number of sulfonamides is 1. The number of nitrogens with one attached hydrogen (secondary N) is 1. The molecule has 0 spiro atoms. The van der Waals surface area contributed by atoms with Gasteiger partial charge in [-0.3, -0.25) is 0 Å². The van der Waals surface area contributed by atoms with Crippen LogP contribution in [0.25, 0.3) is 0 Å². The Kier molecular flexibility index (Phi) is 7.71.